The SMILES string of the molecule is CCCn1c(C)cc(C(=O)C(C#N)=Cc2ccc(C#N)cc2)c1C. The van der Waals surface area contributed by atoms with Crippen molar-refractivity contribution in [3.63, 3.8) is 0 Å². The van der Waals surface area contributed by atoms with E-state index >= 15 is 0 Å². The maximum Gasteiger partial charge on any atom is 0.205 e. The third-order valence-electron chi connectivity index (χ3n) is 3.98. The molecule has 1 aromatic heterocycles. The van der Waals surface area contributed by atoms with Crippen LogP contribution in [0.5, 0.6) is 0 Å². The predicted octanol–water partition coefficient (Wildman–Crippen LogP) is 4.18. The average Bonchev–Trinajstić information content (AvgIpc) is 2.88. The quantitative estimate of drug-likeness (QED) is 0.472. The summed E-state index contributed by atoms with van der Waals surface area (Å²) in [7, 11) is 0. The van der Waals surface area contributed by atoms with E-state index in [2.05, 4.69) is 11.5 Å². The molecule has 0 aliphatic heterocycles. The van der Waals surface area contributed by atoms with Crippen LogP contribution in [0.4, 0.5) is 0 Å². The molecule has 0 radical (unpaired) electrons. The van der Waals surface area contributed by atoms with Crippen LogP contribution in [0.1, 0.15) is 46.2 Å². The lowest BCUT2D eigenvalue weighted by molar-refractivity contribution is 0.103. The fourth-order valence-electron chi connectivity index (χ4n) is 2.71. The molecule has 0 unspecified atom stereocenters. The topological polar surface area (TPSA) is 69.6 Å². The third kappa shape index (κ3) is 3.45. The fraction of sp³-hybridized carbons (Fsp3) is 0.250. The second-order valence-electron chi connectivity index (χ2n) is 5.67. The van der Waals surface area contributed by atoms with Crippen LogP contribution in [0.3, 0.4) is 0 Å². The van der Waals surface area contributed by atoms with Gasteiger partial charge in [0, 0.05) is 23.5 Å². The number of ketones is 1. The summed E-state index contributed by atoms with van der Waals surface area (Å²) in [6.07, 6.45) is 2.55. The second-order valence-corrected chi connectivity index (χ2v) is 5.67. The van der Waals surface area contributed by atoms with E-state index in [0.29, 0.717) is 11.1 Å². The first-order chi connectivity index (χ1) is 11.5. The first kappa shape index (κ1) is 17.2. The van der Waals surface area contributed by atoms with Crippen molar-refractivity contribution in [1.82, 2.24) is 4.57 Å². The van der Waals surface area contributed by atoms with Crippen LogP contribution in [-0.4, -0.2) is 10.4 Å². The van der Waals surface area contributed by atoms with Gasteiger partial charge in [0.05, 0.1) is 11.6 Å². The molecule has 0 bridgehead atoms. The van der Waals surface area contributed by atoms with Crippen LogP contribution in [-0.2, 0) is 6.54 Å². The van der Waals surface area contributed by atoms with Gasteiger partial charge in [-0.2, -0.15) is 10.5 Å². The molecule has 2 aromatic rings. The monoisotopic (exact) mass is 317 g/mol. The molecule has 0 spiro atoms. The minimum absolute atomic E-state index is 0.0939. The van der Waals surface area contributed by atoms with E-state index in [9.17, 15) is 10.1 Å². The number of allylic oxidation sites excluding steroid dienone is 1. The van der Waals surface area contributed by atoms with Crippen LogP contribution in [0.25, 0.3) is 6.08 Å². The van der Waals surface area contributed by atoms with Crippen molar-refractivity contribution in [3.8, 4) is 12.1 Å². The molecule has 1 heterocycles. The summed E-state index contributed by atoms with van der Waals surface area (Å²) in [5, 5.41) is 18.2. The fourth-order valence-corrected chi connectivity index (χ4v) is 2.71. The molecule has 0 fully saturated rings. The number of benzene rings is 1. The van der Waals surface area contributed by atoms with Crippen molar-refractivity contribution < 1.29 is 4.79 Å². The molecular formula is C20H19N3O. The molecule has 0 saturated carbocycles. The summed E-state index contributed by atoms with van der Waals surface area (Å²) in [5.74, 6) is -0.266. The van der Waals surface area contributed by atoms with Crippen molar-refractivity contribution in [2.24, 2.45) is 0 Å². The lowest BCUT2D eigenvalue weighted by atomic mass is 10.0. The molecule has 0 aliphatic carbocycles. The van der Waals surface area contributed by atoms with Crippen LogP contribution in [0.15, 0.2) is 35.9 Å². The summed E-state index contributed by atoms with van der Waals surface area (Å²) in [6, 6.07) is 12.7. The highest BCUT2D eigenvalue weighted by Gasteiger charge is 2.19. The van der Waals surface area contributed by atoms with E-state index in [1.807, 2.05) is 32.1 Å². The molecule has 4 nitrogen and oxygen atoms in total. The highest BCUT2D eigenvalue weighted by Crippen LogP contribution is 2.20. The van der Waals surface area contributed by atoms with E-state index in [-0.39, 0.29) is 11.4 Å². The van der Waals surface area contributed by atoms with E-state index in [4.69, 9.17) is 5.26 Å². The Morgan fingerprint density at radius 2 is 1.88 bits per heavy atom. The van der Waals surface area contributed by atoms with Crippen LogP contribution in [0.2, 0.25) is 0 Å². The zero-order valence-corrected chi connectivity index (χ0v) is 14.1. The van der Waals surface area contributed by atoms with Crippen LogP contribution < -0.4 is 0 Å². The van der Waals surface area contributed by atoms with E-state index in [1.54, 1.807) is 30.3 Å². The number of aryl methyl sites for hydroxylation is 1. The van der Waals surface area contributed by atoms with Crippen LogP contribution in [0, 0.1) is 36.5 Å². The summed E-state index contributed by atoms with van der Waals surface area (Å²) < 4.78 is 2.10. The van der Waals surface area contributed by atoms with Gasteiger partial charge < -0.3 is 4.57 Å². The molecule has 0 aliphatic rings. The van der Waals surface area contributed by atoms with Gasteiger partial charge in [0.15, 0.2) is 0 Å². The highest BCUT2D eigenvalue weighted by atomic mass is 16.1. The molecule has 120 valence electrons. The molecule has 0 atom stereocenters. The number of carbonyl (C=O) groups excluding carboxylic acids is 1. The van der Waals surface area contributed by atoms with Crippen molar-refractivity contribution in [2.45, 2.75) is 33.7 Å². The minimum Gasteiger partial charge on any atom is -0.348 e. The van der Waals surface area contributed by atoms with E-state index in [1.165, 1.54) is 0 Å². The van der Waals surface area contributed by atoms with E-state index < -0.39 is 0 Å². The largest absolute Gasteiger partial charge is 0.348 e. The molecule has 0 saturated heterocycles. The zero-order valence-electron chi connectivity index (χ0n) is 14.1. The number of nitriles is 2. The van der Waals surface area contributed by atoms with Gasteiger partial charge in [-0.1, -0.05) is 19.1 Å². The van der Waals surface area contributed by atoms with Gasteiger partial charge in [-0.15, -0.1) is 0 Å². The van der Waals surface area contributed by atoms with Gasteiger partial charge in [-0.3, -0.25) is 4.79 Å². The zero-order chi connectivity index (χ0) is 17.7. The Labute approximate surface area is 142 Å². The third-order valence-corrected chi connectivity index (χ3v) is 3.98. The highest BCUT2D eigenvalue weighted by molar-refractivity contribution is 6.14. The van der Waals surface area contributed by atoms with Gasteiger partial charge >= 0.3 is 0 Å². The lowest BCUT2D eigenvalue weighted by Gasteiger charge is -2.07. The Kier molecular flexibility index (Phi) is 5.35. The Hall–Kier alpha value is -3.11. The Balaban J connectivity index is 2.39. The van der Waals surface area contributed by atoms with Gasteiger partial charge in [0.2, 0.25) is 5.78 Å². The molecule has 0 N–H and O–H groups in total. The van der Waals surface area contributed by atoms with E-state index in [0.717, 1.165) is 29.9 Å². The maximum absolute atomic E-state index is 12.7. The number of aromatic nitrogens is 1. The van der Waals surface area contributed by atoms with Gasteiger partial charge in [0.1, 0.15) is 11.6 Å². The molecule has 24 heavy (non-hydrogen) atoms. The van der Waals surface area contributed by atoms with Gasteiger partial charge in [-0.05, 0) is 50.1 Å². The summed E-state index contributed by atoms with van der Waals surface area (Å²) in [5.41, 5.74) is 3.84. The van der Waals surface area contributed by atoms with Crippen molar-refractivity contribution in [2.75, 3.05) is 0 Å². The molecule has 1 aromatic carbocycles. The first-order valence-electron chi connectivity index (χ1n) is 7.85. The number of hydrogen-bond acceptors (Lipinski definition) is 3. The summed E-state index contributed by atoms with van der Waals surface area (Å²) >= 11 is 0. The van der Waals surface area contributed by atoms with Crippen LogP contribution >= 0.6 is 0 Å². The maximum atomic E-state index is 12.7. The second kappa shape index (κ2) is 7.44. The lowest BCUT2D eigenvalue weighted by Crippen LogP contribution is -2.06. The normalized spacial score (nSPS) is 11.0. The smallest absolute Gasteiger partial charge is 0.205 e. The summed E-state index contributed by atoms with van der Waals surface area (Å²) in [6.45, 7) is 6.82. The Morgan fingerprint density at radius 1 is 1.21 bits per heavy atom. The number of nitrogens with zero attached hydrogens (tertiary/aromatic N) is 3. The Bertz CT molecular complexity index is 871. The minimum atomic E-state index is -0.266. The number of rotatable bonds is 5. The average molecular weight is 317 g/mol. The molecular weight excluding hydrogens is 298 g/mol. The number of hydrogen-bond donors (Lipinski definition) is 0. The van der Waals surface area contributed by atoms with Gasteiger partial charge in [0.25, 0.3) is 0 Å². The molecule has 0 amide bonds. The van der Waals surface area contributed by atoms with Crippen molar-refractivity contribution >= 4 is 11.9 Å². The van der Waals surface area contributed by atoms with Crippen molar-refractivity contribution in [1.29, 1.82) is 10.5 Å². The molecule has 4 heteroatoms. The van der Waals surface area contributed by atoms with Gasteiger partial charge in [-0.25, -0.2) is 0 Å². The number of carbonyl (C=O) groups is 1. The standard InChI is InChI=1S/C20H19N3O/c1-4-9-23-14(2)10-19(15(23)3)20(24)18(13-22)11-16-5-7-17(12-21)8-6-16/h5-8,10-11H,4,9H2,1-3H3. The van der Waals surface area contributed by atoms with Crippen molar-refractivity contribution in [3.05, 3.63) is 64.0 Å². The summed E-state index contributed by atoms with van der Waals surface area (Å²) in [4.78, 5) is 12.7. The molecule has 2 rings (SSSR count). The number of Topliss-reactive ketones (excluding diaryl/α,β-unsaturated/α-hetero) is 1. The first-order valence-corrected chi connectivity index (χ1v) is 7.85. The predicted molar refractivity (Wildman–Crippen MR) is 93.3 cm³/mol. The Morgan fingerprint density at radius 3 is 2.42 bits per heavy atom.